The minimum Gasteiger partial charge on any atom is -0.371 e. The molecule has 1 heteroatoms. The molecule has 1 saturated carbocycles. The molecule has 0 aromatic heterocycles. The number of fused-ring (bicyclic) bond motifs is 3. The molecule has 130 valence electrons. The summed E-state index contributed by atoms with van der Waals surface area (Å²) < 4.78 is 0. The number of rotatable bonds is 2. The van der Waals surface area contributed by atoms with Crippen LogP contribution < -0.4 is 4.90 Å². The van der Waals surface area contributed by atoms with Crippen molar-refractivity contribution in [3.8, 4) is 0 Å². The van der Waals surface area contributed by atoms with E-state index < -0.39 is 0 Å². The Kier molecular flexibility index (Phi) is 4.65. The summed E-state index contributed by atoms with van der Waals surface area (Å²) in [5, 5.41) is 0. The van der Waals surface area contributed by atoms with Crippen LogP contribution in [0.2, 0.25) is 0 Å². The Labute approximate surface area is 152 Å². The molecule has 1 heterocycles. The molecular formula is C24H29N. The fraction of sp³-hybridized carbons (Fsp3) is 0.417. The summed E-state index contributed by atoms with van der Waals surface area (Å²) in [6.45, 7) is 2.22. The van der Waals surface area contributed by atoms with Crippen molar-refractivity contribution < 1.29 is 0 Å². The Balaban J connectivity index is 1.66. The van der Waals surface area contributed by atoms with Crippen molar-refractivity contribution in [3.05, 3.63) is 65.2 Å². The highest BCUT2D eigenvalue weighted by Gasteiger charge is 2.36. The molecule has 0 saturated heterocycles. The summed E-state index contributed by atoms with van der Waals surface area (Å²) >= 11 is 0. The summed E-state index contributed by atoms with van der Waals surface area (Å²) in [7, 11) is 2.30. The zero-order valence-corrected chi connectivity index (χ0v) is 15.5. The maximum atomic E-state index is 2.56. The van der Waals surface area contributed by atoms with Crippen LogP contribution in [-0.4, -0.2) is 13.1 Å². The van der Waals surface area contributed by atoms with Gasteiger partial charge in [0.25, 0.3) is 0 Å². The molecule has 0 spiro atoms. The quantitative estimate of drug-likeness (QED) is 0.567. The molecular weight excluding hydrogens is 302 g/mol. The SMILES string of the molecule is C/C(=C/c1ccc2c(c1)C1CCCCCCC1N2C)c1ccccc1. The smallest absolute Gasteiger partial charge is 0.0402 e. The van der Waals surface area contributed by atoms with Gasteiger partial charge in [-0.05, 0) is 54.2 Å². The van der Waals surface area contributed by atoms with Crippen molar-refractivity contribution in [2.75, 3.05) is 11.9 Å². The Bertz CT molecular complexity index is 759. The van der Waals surface area contributed by atoms with Gasteiger partial charge in [0.05, 0.1) is 0 Å². The molecule has 1 aliphatic carbocycles. The summed E-state index contributed by atoms with van der Waals surface area (Å²) in [4.78, 5) is 2.56. The molecule has 25 heavy (non-hydrogen) atoms. The van der Waals surface area contributed by atoms with Gasteiger partial charge in [-0.1, -0.05) is 68.2 Å². The van der Waals surface area contributed by atoms with Crippen molar-refractivity contribution >= 4 is 17.3 Å². The van der Waals surface area contributed by atoms with Gasteiger partial charge in [-0.25, -0.2) is 0 Å². The van der Waals surface area contributed by atoms with Gasteiger partial charge in [-0.15, -0.1) is 0 Å². The van der Waals surface area contributed by atoms with Crippen LogP contribution in [0.25, 0.3) is 11.6 Å². The second-order valence-electron chi connectivity index (χ2n) is 7.79. The molecule has 1 fully saturated rings. The zero-order valence-electron chi connectivity index (χ0n) is 15.5. The molecule has 2 aromatic rings. The minimum atomic E-state index is 0.713. The molecule has 2 aliphatic rings. The van der Waals surface area contributed by atoms with Gasteiger partial charge in [0.1, 0.15) is 0 Å². The average Bonchev–Trinajstić information content (AvgIpc) is 2.86. The van der Waals surface area contributed by atoms with Crippen LogP contribution in [0.3, 0.4) is 0 Å². The van der Waals surface area contributed by atoms with Crippen LogP contribution in [0.5, 0.6) is 0 Å². The van der Waals surface area contributed by atoms with Crippen LogP contribution in [0, 0.1) is 0 Å². The summed E-state index contributed by atoms with van der Waals surface area (Å²) in [6.07, 6.45) is 10.6. The number of nitrogens with zero attached hydrogens (tertiary/aromatic N) is 1. The number of allylic oxidation sites excluding steroid dienone is 1. The Hall–Kier alpha value is -2.02. The van der Waals surface area contributed by atoms with E-state index in [1.54, 1.807) is 5.56 Å². The monoisotopic (exact) mass is 331 g/mol. The predicted molar refractivity (Wildman–Crippen MR) is 109 cm³/mol. The van der Waals surface area contributed by atoms with Gasteiger partial charge < -0.3 is 4.90 Å². The van der Waals surface area contributed by atoms with E-state index in [4.69, 9.17) is 0 Å². The molecule has 1 nitrogen and oxygen atoms in total. The Morgan fingerprint density at radius 2 is 1.72 bits per heavy atom. The molecule has 2 aromatic carbocycles. The Morgan fingerprint density at radius 3 is 2.52 bits per heavy atom. The van der Waals surface area contributed by atoms with Crippen LogP contribution in [0.4, 0.5) is 5.69 Å². The summed E-state index contributed by atoms with van der Waals surface area (Å²) in [5.74, 6) is 0.727. The van der Waals surface area contributed by atoms with Gasteiger partial charge in [-0.3, -0.25) is 0 Å². The third-order valence-electron chi connectivity index (χ3n) is 6.17. The van der Waals surface area contributed by atoms with Gasteiger partial charge in [0.2, 0.25) is 0 Å². The lowest BCUT2D eigenvalue weighted by molar-refractivity contribution is 0.413. The van der Waals surface area contributed by atoms with Crippen LogP contribution >= 0.6 is 0 Å². The number of anilines is 1. The molecule has 2 unspecified atom stereocenters. The summed E-state index contributed by atoms with van der Waals surface area (Å²) in [5.41, 5.74) is 7.04. The molecule has 1 aliphatic heterocycles. The molecule has 0 amide bonds. The number of benzene rings is 2. The second kappa shape index (κ2) is 7.07. The van der Waals surface area contributed by atoms with E-state index in [9.17, 15) is 0 Å². The van der Waals surface area contributed by atoms with Gasteiger partial charge in [-0.2, -0.15) is 0 Å². The first kappa shape index (κ1) is 16.4. The van der Waals surface area contributed by atoms with E-state index in [2.05, 4.69) is 73.5 Å². The maximum Gasteiger partial charge on any atom is 0.0402 e. The topological polar surface area (TPSA) is 3.24 Å². The van der Waals surface area contributed by atoms with E-state index >= 15 is 0 Å². The van der Waals surface area contributed by atoms with Crippen LogP contribution in [-0.2, 0) is 0 Å². The van der Waals surface area contributed by atoms with E-state index in [1.807, 2.05) is 0 Å². The van der Waals surface area contributed by atoms with Crippen molar-refractivity contribution in [3.63, 3.8) is 0 Å². The van der Waals surface area contributed by atoms with Gasteiger partial charge in [0, 0.05) is 24.7 Å². The highest BCUT2D eigenvalue weighted by atomic mass is 15.2. The van der Waals surface area contributed by atoms with E-state index in [-0.39, 0.29) is 0 Å². The molecule has 0 N–H and O–H groups in total. The minimum absolute atomic E-state index is 0.713. The second-order valence-corrected chi connectivity index (χ2v) is 7.79. The summed E-state index contributed by atoms with van der Waals surface area (Å²) in [6, 6.07) is 18.5. The lowest BCUT2D eigenvalue weighted by Crippen LogP contribution is -2.31. The van der Waals surface area contributed by atoms with Crippen LogP contribution in [0.15, 0.2) is 48.5 Å². The molecule has 0 bridgehead atoms. The van der Waals surface area contributed by atoms with Crippen molar-refractivity contribution in [1.82, 2.24) is 0 Å². The van der Waals surface area contributed by atoms with Gasteiger partial charge >= 0.3 is 0 Å². The van der Waals surface area contributed by atoms with Gasteiger partial charge in [0.15, 0.2) is 0 Å². The predicted octanol–water partition coefficient (Wildman–Crippen LogP) is 6.50. The third kappa shape index (κ3) is 3.25. The van der Waals surface area contributed by atoms with E-state index in [1.165, 1.54) is 60.9 Å². The van der Waals surface area contributed by atoms with Crippen molar-refractivity contribution in [1.29, 1.82) is 0 Å². The zero-order chi connectivity index (χ0) is 17.2. The molecule has 2 atom stereocenters. The maximum absolute atomic E-state index is 2.56. The lowest BCUT2D eigenvalue weighted by atomic mass is 9.84. The highest BCUT2D eigenvalue weighted by molar-refractivity contribution is 5.81. The number of hydrogen-bond acceptors (Lipinski definition) is 1. The largest absolute Gasteiger partial charge is 0.371 e. The molecule has 4 rings (SSSR count). The fourth-order valence-corrected chi connectivity index (χ4v) is 4.79. The first-order chi connectivity index (χ1) is 12.2. The normalized spacial score (nSPS) is 23.6. The Morgan fingerprint density at radius 1 is 0.960 bits per heavy atom. The highest BCUT2D eigenvalue weighted by Crippen LogP contribution is 2.46. The van der Waals surface area contributed by atoms with Crippen LogP contribution in [0.1, 0.15) is 68.1 Å². The number of hydrogen-bond donors (Lipinski definition) is 0. The molecule has 0 radical (unpaired) electrons. The van der Waals surface area contributed by atoms with E-state index in [0.717, 1.165) is 5.92 Å². The average molecular weight is 332 g/mol. The van der Waals surface area contributed by atoms with Crippen molar-refractivity contribution in [2.45, 2.75) is 57.4 Å². The number of likely N-dealkylation sites (N-methyl/N-ethyl adjacent to an activating group) is 1. The third-order valence-corrected chi connectivity index (χ3v) is 6.17. The van der Waals surface area contributed by atoms with E-state index in [0.29, 0.717) is 6.04 Å². The first-order valence-electron chi connectivity index (χ1n) is 9.84. The first-order valence-corrected chi connectivity index (χ1v) is 9.84. The lowest BCUT2D eigenvalue weighted by Gasteiger charge is -2.28. The van der Waals surface area contributed by atoms with Crippen molar-refractivity contribution in [2.24, 2.45) is 0 Å². The fourth-order valence-electron chi connectivity index (χ4n) is 4.79. The standard InChI is InChI=1S/C24H29N/c1-18(20-10-6-5-7-11-20)16-19-14-15-24-22(17-19)21-12-8-3-4-9-13-23(21)25(24)2/h5-7,10-11,14-17,21,23H,3-4,8-9,12-13H2,1-2H3/b18-16-.